The molecule has 0 aliphatic heterocycles. The Balaban J connectivity index is 1.90. The maximum Gasteiger partial charge on any atom is 0.144 e. The Labute approximate surface area is 124 Å². The van der Waals surface area contributed by atoms with Crippen molar-refractivity contribution in [3.63, 3.8) is 0 Å². The Bertz CT molecular complexity index is 680. The van der Waals surface area contributed by atoms with Gasteiger partial charge in [0.25, 0.3) is 0 Å². The van der Waals surface area contributed by atoms with Gasteiger partial charge >= 0.3 is 0 Å². The van der Waals surface area contributed by atoms with Crippen LogP contribution in [0.2, 0.25) is 0 Å². The van der Waals surface area contributed by atoms with Crippen molar-refractivity contribution >= 4 is 5.82 Å². The molecule has 1 atom stereocenters. The molecule has 5 nitrogen and oxygen atoms in total. The summed E-state index contributed by atoms with van der Waals surface area (Å²) >= 11 is 0. The van der Waals surface area contributed by atoms with Crippen LogP contribution in [-0.2, 0) is 6.42 Å². The summed E-state index contributed by atoms with van der Waals surface area (Å²) in [4.78, 5) is 4.29. The van der Waals surface area contributed by atoms with Gasteiger partial charge in [0, 0.05) is 18.4 Å². The summed E-state index contributed by atoms with van der Waals surface area (Å²) in [5, 5.41) is 17.3. The van der Waals surface area contributed by atoms with Gasteiger partial charge in [0.05, 0.1) is 17.3 Å². The summed E-state index contributed by atoms with van der Waals surface area (Å²) in [5.74, 6) is 0.650. The Hall–Kier alpha value is -2.35. The first-order valence-electron chi connectivity index (χ1n) is 7.38. The van der Waals surface area contributed by atoms with Crippen LogP contribution in [0.4, 0.5) is 5.82 Å². The molecule has 2 heterocycles. The summed E-state index contributed by atoms with van der Waals surface area (Å²) in [5.41, 5.74) is 2.99. The van der Waals surface area contributed by atoms with E-state index in [2.05, 4.69) is 36.4 Å². The topological polar surface area (TPSA) is 66.5 Å². The third-order valence-electron chi connectivity index (χ3n) is 3.88. The van der Waals surface area contributed by atoms with E-state index in [1.54, 1.807) is 18.3 Å². The van der Waals surface area contributed by atoms with E-state index in [-0.39, 0.29) is 6.04 Å². The quantitative estimate of drug-likeness (QED) is 0.938. The standard InChI is InChI=1S/C16H19N5/c1-11(2)21-10-13-5-3-7-14(15(13)20-21)19-16-12(9-17)6-4-8-18-16/h4,6,8,10-11,14H,3,5,7H2,1-2H3,(H,18,19)/t14-/m1/s1. The highest BCUT2D eigenvalue weighted by atomic mass is 15.3. The van der Waals surface area contributed by atoms with Crippen molar-refractivity contribution in [2.75, 3.05) is 5.32 Å². The lowest BCUT2D eigenvalue weighted by Crippen LogP contribution is -2.18. The van der Waals surface area contributed by atoms with Gasteiger partial charge in [0.15, 0.2) is 0 Å². The van der Waals surface area contributed by atoms with Crippen molar-refractivity contribution in [1.29, 1.82) is 5.26 Å². The Morgan fingerprint density at radius 1 is 1.48 bits per heavy atom. The lowest BCUT2D eigenvalue weighted by Gasteiger charge is -2.23. The summed E-state index contributed by atoms with van der Waals surface area (Å²) < 4.78 is 2.02. The van der Waals surface area contributed by atoms with Gasteiger partial charge in [0.2, 0.25) is 0 Å². The first kappa shape index (κ1) is 13.6. The van der Waals surface area contributed by atoms with Crippen molar-refractivity contribution in [1.82, 2.24) is 14.8 Å². The zero-order chi connectivity index (χ0) is 14.8. The lowest BCUT2D eigenvalue weighted by molar-refractivity contribution is 0.515. The first-order valence-corrected chi connectivity index (χ1v) is 7.38. The number of hydrogen-bond acceptors (Lipinski definition) is 4. The molecule has 0 fully saturated rings. The van der Waals surface area contributed by atoms with E-state index in [1.807, 2.05) is 4.68 Å². The van der Waals surface area contributed by atoms with E-state index >= 15 is 0 Å². The predicted octanol–water partition coefficient (Wildman–Crippen LogP) is 3.22. The van der Waals surface area contributed by atoms with Crippen molar-refractivity contribution in [3.05, 3.63) is 41.3 Å². The fourth-order valence-corrected chi connectivity index (χ4v) is 2.74. The molecule has 0 unspecified atom stereocenters. The summed E-state index contributed by atoms with van der Waals surface area (Å²) in [6.07, 6.45) is 7.08. The van der Waals surface area contributed by atoms with Crippen LogP contribution in [0.3, 0.4) is 0 Å². The second kappa shape index (κ2) is 5.57. The number of aromatic nitrogens is 3. The number of nitrogens with zero attached hydrogens (tertiary/aromatic N) is 4. The summed E-state index contributed by atoms with van der Waals surface area (Å²) in [7, 11) is 0. The maximum atomic E-state index is 9.17. The van der Waals surface area contributed by atoms with Gasteiger partial charge in [-0.2, -0.15) is 10.4 Å². The molecular weight excluding hydrogens is 262 g/mol. The van der Waals surface area contributed by atoms with Gasteiger partial charge in [-0.3, -0.25) is 4.68 Å². The fraction of sp³-hybridized carbons (Fsp3) is 0.438. The number of pyridine rings is 1. The van der Waals surface area contributed by atoms with Crippen LogP contribution in [0, 0.1) is 11.3 Å². The smallest absolute Gasteiger partial charge is 0.144 e. The zero-order valence-corrected chi connectivity index (χ0v) is 12.4. The Morgan fingerprint density at radius 3 is 3.10 bits per heavy atom. The minimum atomic E-state index is 0.135. The molecule has 1 aliphatic carbocycles. The van der Waals surface area contributed by atoms with E-state index in [1.165, 1.54) is 5.56 Å². The molecule has 2 aromatic heterocycles. The first-order chi connectivity index (χ1) is 10.2. The van der Waals surface area contributed by atoms with Crippen LogP contribution in [0.5, 0.6) is 0 Å². The van der Waals surface area contributed by atoms with Gasteiger partial charge in [-0.25, -0.2) is 4.98 Å². The third-order valence-corrected chi connectivity index (χ3v) is 3.88. The SMILES string of the molecule is CC(C)n1cc2c(n1)[C@H](Nc1ncccc1C#N)CCC2. The molecule has 0 bridgehead atoms. The predicted molar refractivity (Wildman–Crippen MR) is 80.9 cm³/mol. The van der Waals surface area contributed by atoms with E-state index in [0.29, 0.717) is 17.4 Å². The van der Waals surface area contributed by atoms with Crippen molar-refractivity contribution in [3.8, 4) is 6.07 Å². The average molecular weight is 281 g/mol. The molecule has 0 saturated heterocycles. The van der Waals surface area contributed by atoms with Crippen LogP contribution < -0.4 is 5.32 Å². The number of rotatable bonds is 3. The van der Waals surface area contributed by atoms with Crippen LogP contribution in [-0.4, -0.2) is 14.8 Å². The zero-order valence-electron chi connectivity index (χ0n) is 12.4. The highest BCUT2D eigenvalue weighted by Gasteiger charge is 2.25. The van der Waals surface area contributed by atoms with Gasteiger partial charge < -0.3 is 5.32 Å². The van der Waals surface area contributed by atoms with Gasteiger partial charge in [-0.1, -0.05) is 0 Å². The van der Waals surface area contributed by atoms with Crippen LogP contribution >= 0.6 is 0 Å². The third kappa shape index (κ3) is 2.62. The molecule has 3 rings (SSSR count). The highest BCUT2D eigenvalue weighted by Crippen LogP contribution is 2.32. The van der Waals surface area contributed by atoms with Crippen molar-refractivity contribution in [2.45, 2.75) is 45.2 Å². The molecule has 2 aromatic rings. The minimum absolute atomic E-state index is 0.135. The largest absolute Gasteiger partial charge is 0.361 e. The molecule has 0 spiro atoms. The summed E-state index contributed by atoms with van der Waals surface area (Å²) in [6.45, 7) is 4.26. The van der Waals surface area contributed by atoms with E-state index < -0.39 is 0 Å². The molecule has 0 amide bonds. The Morgan fingerprint density at radius 2 is 2.33 bits per heavy atom. The number of hydrogen-bond donors (Lipinski definition) is 1. The second-order valence-corrected chi connectivity index (χ2v) is 5.71. The van der Waals surface area contributed by atoms with Crippen molar-refractivity contribution < 1.29 is 0 Å². The molecule has 5 heteroatoms. The molecule has 0 aromatic carbocycles. The number of nitrogens with one attached hydrogen (secondary N) is 1. The summed E-state index contributed by atoms with van der Waals surface area (Å²) in [6, 6.07) is 6.24. The fourth-order valence-electron chi connectivity index (χ4n) is 2.74. The van der Waals surface area contributed by atoms with Gasteiger partial charge in [-0.15, -0.1) is 0 Å². The molecule has 1 aliphatic rings. The molecule has 108 valence electrons. The van der Waals surface area contributed by atoms with Crippen LogP contribution in [0.1, 0.15) is 55.6 Å². The monoisotopic (exact) mass is 281 g/mol. The highest BCUT2D eigenvalue weighted by molar-refractivity contribution is 5.52. The number of nitriles is 1. The number of fused-ring (bicyclic) bond motifs is 1. The molecule has 0 radical (unpaired) electrons. The van der Waals surface area contributed by atoms with Crippen molar-refractivity contribution in [2.24, 2.45) is 0 Å². The minimum Gasteiger partial charge on any atom is -0.361 e. The van der Waals surface area contributed by atoms with E-state index in [0.717, 1.165) is 25.0 Å². The number of aryl methyl sites for hydroxylation is 1. The average Bonchev–Trinajstić information content (AvgIpc) is 2.93. The lowest BCUT2D eigenvalue weighted by atomic mass is 9.93. The molecule has 0 saturated carbocycles. The number of anilines is 1. The van der Waals surface area contributed by atoms with Gasteiger partial charge in [0.1, 0.15) is 11.9 Å². The normalized spacial score (nSPS) is 17.3. The molecule has 21 heavy (non-hydrogen) atoms. The van der Waals surface area contributed by atoms with E-state index in [9.17, 15) is 5.26 Å². The molecule has 1 N–H and O–H groups in total. The molecular formula is C16H19N5. The van der Waals surface area contributed by atoms with Crippen LogP contribution in [0.25, 0.3) is 0 Å². The second-order valence-electron chi connectivity index (χ2n) is 5.71. The van der Waals surface area contributed by atoms with Crippen LogP contribution in [0.15, 0.2) is 24.5 Å². The Kier molecular flexibility index (Phi) is 3.61. The van der Waals surface area contributed by atoms with E-state index in [4.69, 9.17) is 5.10 Å². The van der Waals surface area contributed by atoms with Gasteiger partial charge in [-0.05, 0) is 50.8 Å². The maximum absolute atomic E-state index is 9.17.